The number of carboxylic acids is 1. The molecule has 0 aromatic carbocycles. The van der Waals surface area contributed by atoms with E-state index in [9.17, 15) is 14.7 Å². The van der Waals surface area contributed by atoms with Crippen LogP contribution in [-0.2, 0) is 14.3 Å². The van der Waals surface area contributed by atoms with Crippen LogP contribution in [0.1, 0.15) is 117 Å². The van der Waals surface area contributed by atoms with E-state index < -0.39 is 22.8 Å². The van der Waals surface area contributed by atoms with Crippen LogP contribution in [-0.4, -0.2) is 82.2 Å². The molecule has 2 bridgehead atoms. The zero-order valence-electron chi connectivity index (χ0n) is 32.0. The lowest BCUT2D eigenvalue weighted by atomic mass is 9.34. The van der Waals surface area contributed by atoms with Crippen molar-refractivity contribution in [3.05, 3.63) is 23.8 Å². The zero-order valence-corrected chi connectivity index (χ0v) is 32.0. The molecule has 0 radical (unpaired) electrons. The molecule has 10 nitrogen and oxygen atoms in total. The minimum absolute atomic E-state index is 0.185. The van der Waals surface area contributed by atoms with E-state index >= 15 is 0 Å². The fourth-order valence-corrected chi connectivity index (χ4v) is 12.3. The van der Waals surface area contributed by atoms with E-state index in [-0.39, 0.29) is 45.6 Å². The van der Waals surface area contributed by atoms with Crippen molar-refractivity contribution in [3.63, 3.8) is 0 Å². The molecular weight excluding hydrogens is 618 g/mol. The summed E-state index contributed by atoms with van der Waals surface area (Å²) in [5.74, 6) is 0.270. The molecule has 4 fully saturated rings. The molecule has 0 spiro atoms. The second-order valence-electron chi connectivity index (χ2n) is 19.1. The quantitative estimate of drug-likeness (QED) is 0.309. The SMILES string of the molecule is CC(C)[C@@H](C)[C@@]1(C)CC[C@]2(C)[C@H]3CC[C@@H]4[C@@]5(COC[C@@]4(C)[C@@H](OCC(C)(C)N)[C@H](n4ncnc4C(=O)N(C)C)C5)C3=CC[C@@]2(C)[C@@H]1C(=O)O. The molecule has 49 heavy (non-hydrogen) atoms. The van der Waals surface area contributed by atoms with E-state index in [2.05, 4.69) is 59.5 Å². The van der Waals surface area contributed by atoms with E-state index in [0.29, 0.717) is 49.8 Å². The van der Waals surface area contributed by atoms with Crippen LogP contribution in [0.4, 0.5) is 0 Å². The van der Waals surface area contributed by atoms with Crippen LogP contribution in [0.5, 0.6) is 0 Å². The first-order chi connectivity index (χ1) is 22.7. The highest BCUT2D eigenvalue weighted by Gasteiger charge is 2.72. The maximum absolute atomic E-state index is 13.5. The van der Waals surface area contributed by atoms with Crippen molar-refractivity contribution < 1.29 is 24.2 Å². The smallest absolute Gasteiger partial charge is 0.307 e. The fourth-order valence-electron chi connectivity index (χ4n) is 12.3. The normalized spacial score (nSPS) is 42.4. The second kappa shape index (κ2) is 11.9. The summed E-state index contributed by atoms with van der Waals surface area (Å²) in [4.78, 5) is 32.9. The number of carbonyl (C=O) groups excluding carboxylic acids is 1. The number of aromatic nitrogens is 3. The molecule has 1 aromatic rings. The van der Waals surface area contributed by atoms with Gasteiger partial charge in [0.05, 0.1) is 37.9 Å². The van der Waals surface area contributed by atoms with E-state index in [0.717, 1.165) is 32.1 Å². The molecule has 1 amide bonds. The predicted octanol–water partition coefficient (Wildman–Crippen LogP) is 6.23. The van der Waals surface area contributed by atoms with Crippen LogP contribution in [0.25, 0.3) is 0 Å². The average Bonchev–Trinajstić information content (AvgIpc) is 3.49. The first-order valence-electron chi connectivity index (χ1n) is 18.7. The van der Waals surface area contributed by atoms with Crippen molar-refractivity contribution in [1.29, 1.82) is 0 Å². The summed E-state index contributed by atoms with van der Waals surface area (Å²) in [6.07, 6.45) is 9.05. The zero-order chi connectivity index (χ0) is 36.1. The number of amides is 1. The summed E-state index contributed by atoms with van der Waals surface area (Å²) in [5.41, 5.74) is 5.87. The van der Waals surface area contributed by atoms with Gasteiger partial charge in [-0.15, -0.1) is 0 Å². The molecule has 1 aromatic heterocycles. The lowest BCUT2D eigenvalue weighted by Gasteiger charge is -2.71. The molecule has 6 rings (SSSR count). The number of aliphatic carboxylic acids is 1. The van der Waals surface area contributed by atoms with Crippen molar-refractivity contribution in [3.8, 4) is 0 Å². The van der Waals surface area contributed by atoms with Crippen molar-refractivity contribution in [1.82, 2.24) is 19.7 Å². The second-order valence-corrected chi connectivity index (χ2v) is 19.1. The van der Waals surface area contributed by atoms with Gasteiger partial charge in [-0.1, -0.05) is 60.1 Å². The van der Waals surface area contributed by atoms with Gasteiger partial charge in [-0.3, -0.25) is 9.59 Å². The van der Waals surface area contributed by atoms with Crippen LogP contribution in [0, 0.1) is 56.7 Å². The number of rotatable bonds is 8. The Bertz CT molecular complexity index is 1500. The van der Waals surface area contributed by atoms with Gasteiger partial charge in [0.15, 0.2) is 0 Å². The standard InChI is InChI=1S/C39H63N5O5/c1-23(2)24(3)35(6)16-17-37(8)25-12-13-28-36(7)20-48-21-39(28,26(25)14-15-38(37,9)29(35)33(46)47)18-27(30(36)49-19-34(4,5)40)44-31(41-22-42-44)32(45)43(10)11/h14,22-25,27-30H,12-13,15-21,40H2,1-11H3,(H,46,47)/t24-,25+,27-,28+,29-,30+,35-,36-,37-,38+,39+/m1/s1. The number of carbonyl (C=O) groups is 2. The molecule has 274 valence electrons. The van der Waals surface area contributed by atoms with Crippen molar-refractivity contribution in [2.24, 2.45) is 62.4 Å². The van der Waals surface area contributed by atoms with Crippen LogP contribution in [0.15, 0.2) is 18.0 Å². The molecule has 1 aliphatic heterocycles. The molecule has 3 saturated carbocycles. The average molecular weight is 682 g/mol. The third-order valence-electron chi connectivity index (χ3n) is 15.2. The van der Waals surface area contributed by atoms with Crippen LogP contribution in [0.3, 0.4) is 0 Å². The summed E-state index contributed by atoms with van der Waals surface area (Å²) in [7, 11) is 3.48. The van der Waals surface area contributed by atoms with Crippen LogP contribution < -0.4 is 5.73 Å². The van der Waals surface area contributed by atoms with Gasteiger partial charge in [0.2, 0.25) is 5.82 Å². The Hall–Kier alpha value is -2.30. The minimum atomic E-state index is -0.648. The van der Waals surface area contributed by atoms with E-state index in [4.69, 9.17) is 20.3 Å². The van der Waals surface area contributed by atoms with E-state index in [1.54, 1.807) is 19.0 Å². The molecule has 4 aliphatic carbocycles. The molecule has 2 heterocycles. The van der Waals surface area contributed by atoms with Gasteiger partial charge >= 0.3 is 5.97 Å². The Labute approximate surface area is 293 Å². The van der Waals surface area contributed by atoms with Crippen molar-refractivity contribution in [2.45, 2.75) is 119 Å². The van der Waals surface area contributed by atoms with Gasteiger partial charge in [0, 0.05) is 30.5 Å². The Morgan fingerprint density at radius 1 is 1.12 bits per heavy atom. The summed E-state index contributed by atoms with van der Waals surface area (Å²) >= 11 is 0. The molecule has 3 N–H and O–H groups in total. The first-order valence-corrected chi connectivity index (χ1v) is 18.7. The lowest BCUT2D eigenvalue weighted by Crippen LogP contribution is -2.69. The number of hydrogen-bond acceptors (Lipinski definition) is 7. The Morgan fingerprint density at radius 3 is 2.43 bits per heavy atom. The Kier molecular flexibility index (Phi) is 8.84. The lowest BCUT2D eigenvalue weighted by molar-refractivity contribution is -0.252. The highest BCUT2D eigenvalue weighted by Crippen LogP contribution is 2.75. The number of hydrogen-bond donors (Lipinski definition) is 2. The van der Waals surface area contributed by atoms with Crippen molar-refractivity contribution in [2.75, 3.05) is 33.9 Å². The topological polar surface area (TPSA) is 133 Å². The number of fused-ring (bicyclic) bond motifs is 3. The highest BCUT2D eigenvalue weighted by atomic mass is 16.5. The molecular formula is C39H63N5O5. The number of ether oxygens (including phenoxy) is 2. The molecule has 11 atom stereocenters. The van der Waals surface area contributed by atoms with E-state index in [1.807, 2.05) is 18.5 Å². The maximum atomic E-state index is 13.5. The fraction of sp³-hybridized carbons (Fsp3) is 0.846. The molecule has 10 heteroatoms. The predicted molar refractivity (Wildman–Crippen MR) is 189 cm³/mol. The summed E-state index contributed by atoms with van der Waals surface area (Å²) < 4.78 is 15.4. The maximum Gasteiger partial charge on any atom is 0.307 e. The van der Waals surface area contributed by atoms with Crippen LogP contribution in [0.2, 0.25) is 0 Å². The third kappa shape index (κ3) is 5.19. The van der Waals surface area contributed by atoms with Gasteiger partial charge in [0.25, 0.3) is 5.91 Å². The van der Waals surface area contributed by atoms with Gasteiger partial charge in [-0.25, -0.2) is 9.67 Å². The minimum Gasteiger partial charge on any atom is -0.481 e. The molecule has 0 unspecified atom stereocenters. The molecule has 5 aliphatic rings. The Morgan fingerprint density at radius 2 is 1.82 bits per heavy atom. The molecule has 1 saturated heterocycles. The van der Waals surface area contributed by atoms with Crippen molar-refractivity contribution >= 4 is 11.9 Å². The number of allylic oxidation sites excluding steroid dienone is 1. The third-order valence-corrected chi connectivity index (χ3v) is 15.2. The van der Waals surface area contributed by atoms with Gasteiger partial charge in [-0.2, -0.15) is 5.10 Å². The summed E-state index contributed by atoms with van der Waals surface area (Å²) in [5, 5.41) is 15.8. The number of nitrogens with two attached hydrogens (primary N) is 1. The van der Waals surface area contributed by atoms with Crippen LogP contribution >= 0.6 is 0 Å². The first kappa shape index (κ1) is 36.5. The number of carboxylic acid groups (broad SMARTS) is 1. The summed E-state index contributed by atoms with van der Waals surface area (Å²) in [6.45, 7) is 21.5. The Balaban J connectivity index is 1.48. The summed E-state index contributed by atoms with van der Waals surface area (Å²) in [6, 6.07) is -0.261. The largest absolute Gasteiger partial charge is 0.481 e. The van der Waals surface area contributed by atoms with Gasteiger partial charge in [-0.05, 0) is 92.3 Å². The number of nitrogens with zero attached hydrogens (tertiary/aromatic N) is 4. The van der Waals surface area contributed by atoms with Gasteiger partial charge in [0.1, 0.15) is 6.33 Å². The van der Waals surface area contributed by atoms with Gasteiger partial charge < -0.3 is 25.2 Å². The van der Waals surface area contributed by atoms with E-state index in [1.165, 1.54) is 11.9 Å². The highest BCUT2D eigenvalue weighted by molar-refractivity contribution is 5.90. The monoisotopic (exact) mass is 681 g/mol.